The first-order valence-corrected chi connectivity index (χ1v) is 3.20. The number of hydrogen-bond acceptors (Lipinski definition) is 3. The normalized spacial score (nSPS) is 26.1. The van der Waals surface area contributed by atoms with Crippen LogP contribution in [0.15, 0.2) is 0 Å². The van der Waals surface area contributed by atoms with E-state index < -0.39 is 0 Å². The van der Waals surface area contributed by atoms with Crippen LogP contribution in [-0.2, 0) is 4.74 Å². The van der Waals surface area contributed by atoms with E-state index in [9.17, 15) is 0 Å². The molecule has 52 valence electrons. The van der Waals surface area contributed by atoms with Crippen LogP contribution in [0.3, 0.4) is 0 Å². The van der Waals surface area contributed by atoms with Crippen LogP contribution in [-0.4, -0.2) is 25.6 Å². The molecule has 2 N–H and O–H groups in total. The maximum Gasteiger partial charge on any atom is 0.197 e. The zero-order valence-corrected chi connectivity index (χ0v) is 5.61. The zero-order valence-electron chi connectivity index (χ0n) is 5.61. The van der Waals surface area contributed by atoms with Crippen LogP contribution in [0.2, 0.25) is 0 Å². The fourth-order valence-corrected chi connectivity index (χ4v) is 1.05. The summed E-state index contributed by atoms with van der Waals surface area (Å²) < 4.78 is 4.75. The molecule has 0 aliphatic carbocycles. The van der Waals surface area contributed by atoms with Gasteiger partial charge in [0.1, 0.15) is 0 Å². The third kappa shape index (κ3) is 1.42. The van der Waals surface area contributed by atoms with Crippen molar-refractivity contribution in [2.24, 2.45) is 0 Å². The van der Waals surface area contributed by atoms with E-state index in [1.165, 1.54) is 0 Å². The lowest BCUT2D eigenvalue weighted by molar-refractivity contribution is 0.372. The molecule has 1 fully saturated rings. The Balaban J connectivity index is 2.32. The molecule has 0 aromatic heterocycles. The summed E-state index contributed by atoms with van der Waals surface area (Å²) in [5, 5.41) is 10.4. The molecule has 1 aliphatic rings. The van der Waals surface area contributed by atoms with Crippen LogP contribution in [0.5, 0.6) is 0 Å². The predicted molar refractivity (Wildman–Crippen MR) is 35.8 cm³/mol. The van der Waals surface area contributed by atoms with E-state index in [0.717, 1.165) is 19.4 Å². The highest BCUT2D eigenvalue weighted by molar-refractivity contribution is 5.78. The van der Waals surface area contributed by atoms with Crippen molar-refractivity contribution in [2.45, 2.75) is 18.9 Å². The molecule has 1 aliphatic heterocycles. The standard InChI is InChI=1S/C6H12N2O/c1-9-6(7)5-3-2-4-8-5/h5,7-8H,2-4H2,1H3. The average Bonchev–Trinajstić information content (AvgIpc) is 2.37. The van der Waals surface area contributed by atoms with Crippen LogP contribution in [0.25, 0.3) is 0 Å². The van der Waals surface area contributed by atoms with Gasteiger partial charge in [-0.1, -0.05) is 0 Å². The van der Waals surface area contributed by atoms with Gasteiger partial charge in [0.2, 0.25) is 0 Å². The third-order valence-electron chi connectivity index (χ3n) is 1.60. The molecule has 1 heterocycles. The van der Waals surface area contributed by atoms with Gasteiger partial charge in [-0.15, -0.1) is 0 Å². The van der Waals surface area contributed by atoms with Crippen LogP contribution < -0.4 is 5.32 Å². The minimum Gasteiger partial charge on any atom is -0.483 e. The van der Waals surface area contributed by atoms with Crippen molar-refractivity contribution < 1.29 is 4.74 Å². The van der Waals surface area contributed by atoms with E-state index in [1.807, 2.05) is 0 Å². The monoisotopic (exact) mass is 128 g/mol. The molecule has 0 amide bonds. The molecular weight excluding hydrogens is 116 g/mol. The van der Waals surface area contributed by atoms with Crippen LogP contribution in [0, 0.1) is 5.41 Å². The Kier molecular flexibility index (Phi) is 2.05. The van der Waals surface area contributed by atoms with Gasteiger partial charge in [-0.2, -0.15) is 0 Å². The number of nitrogens with one attached hydrogen (secondary N) is 2. The van der Waals surface area contributed by atoms with E-state index in [-0.39, 0.29) is 6.04 Å². The second-order valence-electron chi connectivity index (χ2n) is 2.22. The lowest BCUT2D eigenvalue weighted by Crippen LogP contribution is -2.30. The fourth-order valence-electron chi connectivity index (χ4n) is 1.05. The summed E-state index contributed by atoms with van der Waals surface area (Å²) >= 11 is 0. The maximum absolute atomic E-state index is 7.25. The topological polar surface area (TPSA) is 45.1 Å². The minimum absolute atomic E-state index is 0.190. The summed E-state index contributed by atoms with van der Waals surface area (Å²) in [6.07, 6.45) is 2.21. The van der Waals surface area contributed by atoms with Gasteiger partial charge in [0.15, 0.2) is 5.90 Å². The van der Waals surface area contributed by atoms with E-state index in [1.54, 1.807) is 7.11 Å². The first kappa shape index (κ1) is 6.55. The Morgan fingerprint density at radius 3 is 3.00 bits per heavy atom. The number of hydrogen-bond donors (Lipinski definition) is 2. The molecule has 0 bridgehead atoms. The van der Waals surface area contributed by atoms with Crippen molar-refractivity contribution in [1.82, 2.24) is 5.32 Å². The van der Waals surface area contributed by atoms with E-state index in [2.05, 4.69) is 5.32 Å². The molecule has 0 aromatic carbocycles. The van der Waals surface area contributed by atoms with Crippen molar-refractivity contribution in [3.8, 4) is 0 Å². The van der Waals surface area contributed by atoms with Gasteiger partial charge in [0.25, 0.3) is 0 Å². The summed E-state index contributed by atoms with van der Waals surface area (Å²) in [4.78, 5) is 0. The molecule has 9 heavy (non-hydrogen) atoms. The molecule has 3 nitrogen and oxygen atoms in total. The second kappa shape index (κ2) is 2.82. The lowest BCUT2D eigenvalue weighted by atomic mass is 10.2. The van der Waals surface area contributed by atoms with Crippen molar-refractivity contribution in [3.63, 3.8) is 0 Å². The Morgan fingerprint density at radius 2 is 2.56 bits per heavy atom. The molecule has 3 heteroatoms. The summed E-state index contributed by atoms with van der Waals surface area (Å²) in [6, 6.07) is 0.190. The largest absolute Gasteiger partial charge is 0.483 e. The third-order valence-corrected chi connectivity index (χ3v) is 1.60. The summed E-state index contributed by atoms with van der Waals surface area (Å²) in [5.74, 6) is 0.368. The molecule has 1 saturated heterocycles. The maximum atomic E-state index is 7.25. The highest BCUT2D eigenvalue weighted by Gasteiger charge is 2.18. The molecule has 1 atom stereocenters. The Hall–Kier alpha value is -0.570. The molecule has 1 rings (SSSR count). The molecule has 0 radical (unpaired) electrons. The highest BCUT2D eigenvalue weighted by atomic mass is 16.5. The molecule has 0 spiro atoms. The SMILES string of the molecule is COC(=N)C1CCCN1. The van der Waals surface area contributed by atoms with Crippen molar-refractivity contribution in [3.05, 3.63) is 0 Å². The Morgan fingerprint density at radius 1 is 1.78 bits per heavy atom. The van der Waals surface area contributed by atoms with Crippen molar-refractivity contribution in [1.29, 1.82) is 5.41 Å². The number of rotatable bonds is 1. The first-order chi connectivity index (χ1) is 4.34. The fraction of sp³-hybridized carbons (Fsp3) is 0.833. The van der Waals surface area contributed by atoms with Gasteiger partial charge in [0.05, 0.1) is 13.2 Å². The van der Waals surface area contributed by atoms with Crippen molar-refractivity contribution in [2.75, 3.05) is 13.7 Å². The molecule has 1 unspecified atom stereocenters. The highest BCUT2D eigenvalue weighted by Crippen LogP contribution is 2.05. The summed E-state index contributed by atoms with van der Waals surface area (Å²) in [6.45, 7) is 1.02. The Labute approximate surface area is 54.9 Å². The molecule has 0 aromatic rings. The zero-order chi connectivity index (χ0) is 6.69. The van der Waals surface area contributed by atoms with Gasteiger partial charge >= 0.3 is 0 Å². The summed E-state index contributed by atoms with van der Waals surface area (Å²) in [7, 11) is 1.54. The summed E-state index contributed by atoms with van der Waals surface area (Å²) in [5.41, 5.74) is 0. The Bertz CT molecular complexity index is 108. The van der Waals surface area contributed by atoms with Gasteiger partial charge in [0, 0.05) is 0 Å². The molecular formula is C6H12N2O. The predicted octanol–water partition coefficient (Wildman–Crippen LogP) is 0.362. The second-order valence-corrected chi connectivity index (χ2v) is 2.22. The van der Waals surface area contributed by atoms with Crippen LogP contribution in [0.4, 0.5) is 0 Å². The van der Waals surface area contributed by atoms with E-state index in [4.69, 9.17) is 10.1 Å². The van der Waals surface area contributed by atoms with Crippen LogP contribution >= 0.6 is 0 Å². The minimum atomic E-state index is 0.190. The number of methoxy groups -OCH3 is 1. The lowest BCUT2D eigenvalue weighted by Gasteiger charge is -2.08. The van der Waals surface area contributed by atoms with E-state index in [0.29, 0.717) is 5.90 Å². The van der Waals surface area contributed by atoms with Crippen molar-refractivity contribution >= 4 is 5.90 Å². The van der Waals surface area contributed by atoms with E-state index >= 15 is 0 Å². The van der Waals surface area contributed by atoms with Gasteiger partial charge in [-0.25, -0.2) is 0 Å². The smallest absolute Gasteiger partial charge is 0.197 e. The molecule has 0 saturated carbocycles. The van der Waals surface area contributed by atoms with Gasteiger partial charge in [-0.3, -0.25) is 5.41 Å². The average molecular weight is 128 g/mol. The quantitative estimate of drug-likeness (QED) is 0.395. The first-order valence-electron chi connectivity index (χ1n) is 3.20. The van der Waals surface area contributed by atoms with Crippen LogP contribution in [0.1, 0.15) is 12.8 Å². The number of ether oxygens (including phenoxy) is 1. The van der Waals surface area contributed by atoms with Gasteiger partial charge < -0.3 is 10.1 Å². The van der Waals surface area contributed by atoms with Gasteiger partial charge in [-0.05, 0) is 19.4 Å².